The van der Waals surface area contributed by atoms with E-state index in [9.17, 15) is 35.4 Å². The van der Waals surface area contributed by atoms with Crippen molar-refractivity contribution in [2.45, 2.75) is 112 Å². The van der Waals surface area contributed by atoms with Crippen LogP contribution in [0.2, 0.25) is 36.3 Å². The van der Waals surface area contributed by atoms with Crippen LogP contribution in [0.25, 0.3) is 0 Å². The molecule has 0 heterocycles. The van der Waals surface area contributed by atoms with E-state index in [0.29, 0.717) is 36.3 Å². The van der Waals surface area contributed by atoms with Gasteiger partial charge in [0.1, 0.15) is 28.8 Å². The monoisotopic (exact) mass is 512 g/mol. The Morgan fingerprint density at radius 2 is 1.15 bits per heavy atom. The normalized spacial score (nSPS) is 34.8. The van der Waals surface area contributed by atoms with E-state index in [4.69, 9.17) is 0 Å². The molecule has 6 atom stereocenters. The maximum atomic E-state index is 13.9. The lowest BCUT2D eigenvalue weighted by atomic mass is 9.70. The molecule has 0 saturated heterocycles. The lowest BCUT2D eigenvalue weighted by Crippen LogP contribution is -2.93. The van der Waals surface area contributed by atoms with Gasteiger partial charge in [0.15, 0.2) is 11.4 Å². The third-order valence-electron chi connectivity index (χ3n) is 9.67. The molecule has 0 aromatic heterocycles. The van der Waals surface area contributed by atoms with Crippen LogP contribution in [0.15, 0.2) is 30.3 Å². The fourth-order valence-corrected chi connectivity index (χ4v) is 16.9. The molecule has 1 fully saturated rings. The Kier molecular flexibility index (Phi) is 8.81. The van der Waals surface area contributed by atoms with Gasteiger partial charge in [-0.1, -0.05) is 108 Å². The minimum Gasteiger partial charge on any atom is -0.388 e. The Morgan fingerprint density at radius 1 is 0.735 bits per heavy atom. The number of Topliss-reactive ketones (excluding diaryl/α,β-unsaturated/α-hetero) is 1. The highest BCUT2D eigenvalue weighted by atomic mass is 28.3. The summed E-state index contributed by atoms with van der Waals surface area (Å²) in [6, 6.07) is 10.5. The Morgan fingerprint density at radius 3 is 1.53 bits per heavy atom. The minimum absolute atomic E-state index is 0.0449. The Labute approximate surface area is 205 Å². The number of ketones is 1. The fourth-order valence-electron chi connectivity index (χ4n) is 6.96. The van der Waals surface area contributed by atoms with Crippen LogP contribution in [0.4, 0.5) is 0 Å². The molecule has 9 heteroatoms. The van der Waals surface area contributed by atoms with Crippen molar-refractivity contribution in [3.8, 4) is 0 Å². The average molecular weight is 513 g/mol. The molecule has 7 nitrogen and oxygen atoms in total. The molecule has 0 radical (unpaired) electrons. The first kappa shape index (κ1) is 29.3. The first-order valence-electron chi connectivity index (χ1n) is 12.7. The summed E-state index contributed by atoms with van der Waals surface area (Å²) >= 11 is 0. The van der Waals surface area contributed by atoms with Gasteiger partial charge >= 0.3 is 0 Å². The topological polar surface area (TPSA) is 138 Å². The van der Waals surface area contributed by atoms with Gasteiger partial charge in [0.05, 0.1) is 16.1 Å². The van der Waals surface area contributed by atoms with Gasteiger partial charge < -0.3 is 30.6 Å². The second-order valence-corrected chi connectivity index (χ2v) is 21.0. The summed E-state index contributed by atoms with van der Waals surface area (Å²) in [5.74, 6) is -0.966. The number of aliphatic hydroxyl groups excluding tert-OH is 3. The van der Waals surface area contributed by atoms with Crippen LogP contribution >= 0.6 is 0 Å². The quantitative estimate of drug-likeness (QED) is 0.209. The molecule has 0 unspecified atom stereocenters. The molecule has 0 bridgehead atoms. The molecular formula is C25H44O7Si2. The predicted octanol–water partition coefficient (Wildman–Crippen LogP) is 2.25. The van der Waals surface area contributed by atoms with Crippen molar-refractivity contribution in [1.29, 1.82) is 0 Å². The van der Waals surface area contributed by atoms with Crippen molar-refractivity contribution >= 4 is 21.9 Å². The van der Waals surface area contributed by atoms with E-state index in [1.807, 2.05) is 41.5 Å². The molecule has 1 aromatic carbocycles. The van der Waals surface area contributed by atoms with E-state index in [1.54, 1.807) is 18.2 Å². The van der Waals surface area contributed by atoms with Crippen molar-refractivity contribution in [2.24, 2.45) is 0 Å². The molecule has 194 valence electrons. The van der Waals surface area contributed by atoms with E-state index in [0.717, 1.165) is 0 Å². The Balaban J connectivity index is 3.01. The number of hydrogen-bond donors (Lipinski definition) is 6. The van der Waals surface area contributed by atoms with Crippen molar-refractivity contribution in [2.75, 3.05) is 0 Å². The van der Waals surface area contributed by atoms with Gasteiger partial charge in [0.25, 0.3) is 0 Å². The summed E-state index contributed by atoms with van der Waals surface area (Å²) in [6.07, 6.45) is -6.20. The van der Waals surface area contributed by atoms with Crippen LogP contribution in [0, 0.1) is 0 Å². The van der Waals surface area contributed by atoms with Crippen molar-refractivity contribution in [3.05, 3.63) is 35.9 Å². The highest BCUT2D eigenvalue weighted by Crippen LogP contribution is 2.55. The first-order valence-corrected chi connectivity index (χ1v) is 17.9. The molecular weight excluding hydrogens is 468 g/mol. The van der Waals surface area contributed by atoms with Crippen LogP contribution in [-0.4, -0.2) is 86.9 Å². The third kappa shape index (κ3) is 3.47. The van der Waals surface area contributed by atoms with E-state index >= 15 is 0 Å². The molecule has 0 spiro atoms. The molecule has 34 heavy (non-hydrogen) atoms. The minimum atomic E-state index is -3.19. The largest absolute Gasteiger partial charge is 0.388 e. The van der Waals surface area contributed by atoms with E-state index < -0.39 is 56.3 Å². The zero-order chi connectivity index (χ0) is 26.2. The molecule has 1 saturated carbocycles. The molecule has 0 aliphatic heterocycles. The highest BCUT2D eigenvalue weighted by molar-refractivity contribution is 6.85. The van der Waals surface area contributed by atoms with Crippen LogP contribution in [0.5, 0.6) is 0 Å². The maximum Gasteiger partial charge on any atom is 0.199 e. The summed E-state index contributed by atoms with van der Waals surface area (Å²) in [6.45, 7) is 11.2. The predicted molar refractivity (Wildman–Crippen MR) is 138 cm³/mol. The standard InChI is InChI=1S/C25H44O7Si2/c1-7-33(8-2,9-3)24(31)21(28)20(27)23(30,19(26)18-16-14-13-15-17-18)25(32,22(24)29)34(10-4,11-5)12-6/h13-17,20-22,27-32H,7-12H2,1-6H3/t20-,21-,22+,23+,24+,25-/m1/s1. The van der Waals surface area contributed by atoms with Crippen molar-refractivity contribution in [1.82, 2.24) is 0 Å². The summed E-state index contributed by atoms with van der Waals surface area (Å²) in [5, 5.41) is 67.1. The van der Waals surface area contributed by atoms with Gasteiger partial charge in [0, 0.05) is 5.56 Å². The highest BCUT2D eigenvalue weighted by Gasteiger charge is 2.81. The van der Waals surface area contributed by atoms with Crippen LogP contribution in [-0.2, 0) is 0 Å². The van der Waals surface area contributed by atoms with Crippen LogP contribution < -0.4 is 0 Å². The zero-order valence-corrected chi connectivity index (χ0v) is 23.5. The summed E-state index contributed by atoms with van der Waals surface area (Å²) < 4.78 is 0. The third-order valence-corrected chi connectivity index (χ3v) is 22.3. The van der Waals surface area contributed by atoms with E-state index in [-0.39, 0.29) is 5.56 Å². The van der Waals surface area contributed by atoms with E-state index in [2.05, 4.69) is 0 Å². The second-order valence-electron chi connectivity index (χ2n) is 10.0. The molecule has 0 amide bonds. The number of carbonyl (C=O) groups excluding carboxylic acids is 1. The first-order chi connectivity index (χ1) is 15.8. The van der Waals surface area contributed by atoms with Gasteiger partial charge in [-0.3, -0.25) is 4.79 Å². The fraction of sp³-hybridized carbons (Fsp3) is 0.720. The average Bonchev–Trinajstić information content (AvgIpc) is 2.88. The van der Waals surface area contributed by atoms with Gasteiger partial charge in [-0.25, -0.2) is 0 Å². The summed E-state index contributed by atoms with van der Waals surface area (Å²) in [4.78, 5) is 13.9. The smallest absolute Gasteiger partial charge is 0.199 e. The Bertz CT molecular complexity index is 828. The molecule has 6 N–H and O–H groups in total. The number of aliphatic hydroxyl groups is 6. The number of benzene rings is 1. The van der Waals surface area contributed by atoms with Gasteiger partial charge in [0.2, 0.25) is 0 Å². The summed E-state index contributed by atoms with van der Waals surface area (Å²) in [7, 11) is -6.14. The van der Waals surface area contributed by atoms with E-state index in [1.165, 1.54) is 12.1 Å². The number of carbonyl (C=O) groups is 1. The van der Waals surface area contributed by atoms with Crippen molar-refractivity contribution < 1.29 is 35.4 Å². The second kappa shape index (κ2) is 10.2. The Hall–Kier alpha value is -0.916. The maximum absolute atomic E-state index is 13.9. The summed E-state index contributed by atoms with van der Waals surface area (Å²) in [5.41, 5.74) is -2.85. The van der Waals surface area contributed by atoms with Crippen LogP contribution in [0.1, 0.15) is 51.9 Å². The molecule has 1 aliphatic rings. The molecule has 1 aliphatic carbocycles. The van der Waals surface area contributed by atoms with Crippen molar-refractivity contribution in [3.63, 3.8) is 0 Å². The lowest BCUT2D eigenvalue weighted by molar-refractivity contribution is -0.285. The number of rotatable bonds is 10. The SMILES string of the molecule is CC[Si](CC)(CC)[C@@]1(O)[C@H](O)[C@@H](O)[C@@](O)(C(=O)c2ccccc2)[C@](O)([Si](CC)(CC)CC)[C@H]1O. The lowest BCUT2D eigenvalue weighted by Gasteiger charge is -2.67. The number of hydrogen-bond acceptors (Lipinski definition) is 7. The molecule has 1 aromatic rings. The van der Waals surface area contributed by atoms with Crippen LogP contribution in [0.3, 0.4) is 0 Å². The zero-order valence-electron chi connectivity index (χ0n) is 21.5. The van der Waals surface area contributed by atoms with Gasteiger partial charge in [-0.15, -0.1) is 0 Å². The van der Waals surface area contributed by atoms with Gasteiger partial charge in [-0.2, -0.15) is 0 Å². The van der Waals surface area contributed by atoms with Gasteiger partial charge in [-0.05, 0) is 0 Å². The molecule has 2 rings (SSSR count).